The summed E-state index contributed by atoms with van der Waals surface area (Å²) < 4.78 is 0. The molecule has 0 bridgehead atoms. The first-order valence-electron chi connectivity index (χ1n) is 8.29. The highest BCUT2D eigenvalue weighted by Gasteiger charge is 2.14. The lowest BCUT2D eigenvalue weighted by molar-refractivity contribution is 0.249. The third-order valence-electron chi connectivity index (χ3n) is 4.61. The Morgan fingerprint density at radius 2 is 1.83 bits per heavy atom. The summed E-state index contributed by atoms with van der Waals surface area (Å²) in [6.45, 7) is 6.16. The fourth-order valence-electron chi connectivity index (χ4n) is 3.32. The molecule has 1 aliphatic carbocycles. The molecule has 2 aromatic carbocycles. The Morgan fingerprint density at radius 1 is 1.04 bits per heavy atom. The van der Waals surface area contributed by atoms with Gasteiger partial charge in [0.05, 0.1) is 6.04 Å². The molecule has 0 spiro atoms. The maximum absolute atomic E-state index is 12.3. The lowest BCUT2D eigenvalue weighted by atomic mass is 10.0. The second-order valence-electron chi connectivity index (χ2n) is 6.52. The van der Waals surface area contributed by atoms with E-state index in [1.165, 1.54) is 28.7 Å². The third-order valence-corrected chi connectivity index (χ3v) is 4.61. The molecular weight excluding hydrogens is 284 g/mol. The summed E-state index contributed by atoms with van der Waals surface area (Å²) >= 11 is 0. The molecule has 0 unspecified atom stereocenters. The lowest BCUT2D eigenvalue weighted by Crippen LogP contribution is -2.31. The Kier molecular flexibility index (Phi) is 4.37. The molecule has 120 valence electrons. The number of amides is 2. The zero-order valence-electron chi connectivity index (χ0n) is 14.1. The summed E-state index contributed by atoms with van der Waals surface area (Å²) in [5.74, 6) is 0. The van der Waals surface area contributed by atoms with Gasteiger partial charge in [0.1, 0.15) is 0 Å². The highest BCUT2D eigenvalue weighted by Crippen LogP contribution is 2.25. The molecule has 23 heavy (non-hydrogen) atoms. The van der Waals surface area contributed by atoms with Gasteiger partial charge in [-0.05, 0) is 74.4 Å². The Balaban J connectivity index is 1.66. The van der Waals surface area contributed by atoms with Crippen LogP contribution < -0.4 is 10.6 Å². The number of hydrogen-bond donors (Lipinski definition) is 2. The topological polar surface area (TPSA) is 41.1 Å². The van der Waals surface area contributed by atoms with Crippen molar-refractivity contribution in [2.75, 3.05) is 5.32 Å². The van der Waals surface area contributed by atoms with Crippen molar-refractivity contribution >= 4 is 11.7 Å². The van der Waals surface area contributed by atoms with Crippen LogP contribution in [-0.4, -0.2) is 6.03 Å². The first kappa shape index (κ1) is 15.6. The van der Waals surface area contributed by atoms with Gasteiger partial charge >= 0.3 is 6.03 Å². The van der Waals surface area contributed by atoms with Gasteiger partial charge in [0.15, 0.2) is 0 Å². The molecule has 0 saturated heterocycles. The number of fused-ring (bicyclic) bond motifs is 1. The van der Waals surface area contributed by atoms with E-state index in [1.807, 2.05) is 13.0 Å². The number of aryl methyl sites for hydroxylation is 4. The highest BCUT2D eigenvalue weighted by molar-refractivity contribution is 5.89. The number of hydrogen-bond acceptors (Lipinski definition) is 1. The average molecular weight is 308 g/mol. The second-order valence-corrected chi connectivity index (χ2v) is 6.52. The van der Waals surface area contributed by atoms with Crippen LogP contribution in [0.15, 0.2) is 36.4 Å². The maximum atomic E-state index is 12.3. The Labute approximate surface area is 138 Å². The van der Waals surface area contributed by atoms with Gasteiger partial charge in [-0.2, -0.15) is 0 Å². The molecule has 2 amide bonds. The van der Waals surface area contributed by atoms with E-state index in [4.69, 9.17) is 0 Å². The molecule has 3 rings (SSSR count). The highest BCUT2D eigenvalue weighted by atomic mass is 16.2. The average Bonchev–Trinajstić information content (AvgIpc) is 2.97. The molecule has 0 aliphatic heterocycles. The Hall–Kier alpha value is -2.29. The summed E-state index contributed by atoms with van der Waals surface area (Å²) in [6, 6.07) is 12.4. The van der Waals surface area contributed by atoms with E-state index in [1.54, 1.807) is 0 Å². The summed E-state index contributed by atoms with van der Waals surface area (Å²) in [4.78, 5) is 12.3. The largest absolute Gasteiger partial charge is 0.331 e. The van der Waals surface area contributed by atoms with Crippen molar-refractivity contribution in [1.29, 1.82) is 0 Å². The minimum absolute atomic E-state index is 0.0238. The Bertz CT molecular complexity index is 736. The molecule has 2 aromatic rings. The minimum atomic E-state index is -0.156. The molecule has 3 nitrogen and oxygen atoms in total. The fourth-order valence-corrected chi connectivity index (χ4v) is 3.32. The lowest BCUT2D eigenvalue weighted by Gasteiger charge is -2.18. The maximum Gasteiger partial charge on any atom is 0.319 e. The molecule has 2 N–H and O–H groups in total. The first-order chi connectivity index (χ1) is 11.0. The van der Waals surface area contributed by atoms with Gasteiger partial charge in [-0.25, -0.2) is 4.79 Å². The zero-order chi connectivity index (χ0) is 16.4. The predicted octanol–water partition coefficient (Wildman–Crippen LogP) is 4.67. The fraction of sp³-hybridized carbons (Fsp3) is 0.350. The third kappa shape index (κ3) is 3.55. The van der Waals surface area contributed by atoms with Crippen LogP contribution >= 0.6 is 0 Å². The van der Waals surface area contributed by atoms with Gasteiger partial charge in [0, 0.05) is 5.69 Å². The Morgan fingerprint density at radius 3 is 2.65 bits per heavy atom. The van der Waals surface area contributed by atoms with Gasteiger partial charge in [-0.15, -0.1) is 0 Å². The molecule has 1 aliphatic rings. The summed E-state index contributed by atoms with van der Waals surface area (Å²) in [5, 5.41) is 5.99. The number of anilines is 1. The number of carbonyl (C=O) groups excluding carboxylic acids is 1. The van der Waals surface area contributed by atoms with Gasteiger partial charge in [-0.3, -0.25) is 0 Å². The first-order valence-corrected chi connectivity index (χ1v) is 8.29. The van der Waals surface area contributed by atoms with Gasteiger partial charge < -0.3 is 10.6 Å². The molecule has 0 aromatic heterocycles. The zero-order valence-corrected chi connectivity index (χ0v) is 14.1. The van der Waals surface area contributed by atoms with Crippen LogP contribution in [0, 0.1) is 13.8 Å². The van der Waals surface area contributed by atoms with Crippen LogP contribution in [-0.2, 0) is 12.8 Å². The van der Waals surface area contributed by atoms with E-state index in [0.29, 0.717) is 0 Å². The minimum Gasteiger partial charge on any atom is -0.331 e. The van der Waals surface area contributed by atoms with E-state index in [9.17, 15) is 4.79 Å². The van der Waals surface area contributed by atoms with E-state index < -0.39 is 0 Å². The van der Waals surface area contributed by atoms with Crippen molar-refractivity contribution in [3.63, 3.8) is 0 Å². The smallest absolute Gasteiger partial charge is 0.319 e. The van der Waals surface area contributed by atoms with Crippen LogP contribution in [0.3, 0.4) is 0 Å². The molecule has 0 saturated carbocycles. The monoisotopic (exact) mass is 308 g/mol. The molecule has 0 heterocycles. The van der Waals surface area contributed by atoms with Crippen molar-refractivity contribution in [3.05, 3.63) is 64.2 Å². The SMILES string of the molecule is Cc1ccc(C)c([C@H](C)NC(=O)Nc2ccc3c(c2)CCC3)c1. The molecule has 3 heteroatoms. The van der Waals surface area contributed by atoms with Crippen molar-refractivity contribution in [2.24, 2.45) is 0 Å². The summed E-state index contributed by atoms with van der Waals surface area (Å²) in [7, 11) is 0. The molecule has 0 fully saturated rings. The van der Waals surface area contributed by atoms with Crippen LogP contribution in [0.5, 0.6) is 0 Å². The van der Waals surface area contributed by atoms with E-state index in [2.05, 4.69) is 54.8 Å². The molecule has 1 atom stereocenters. The second kappa shape index (κ2) is 6.45. The number of urea groups is 1. The van der Waals surface area contributed by atoms with Gasteiger partial charge in [-0.1, -0.05) is 29.8 Å². The van der Waals surface area contributed by atoms with Crippen molar-refractivity contribution in [2.45, 2.75) is 46.1 Å². The van der Waals surface area contributed by atoms with Crippen molar-refractivity contribution in [1.82, 2.24) is 5.32 Å². The normalized spacial score (nSPS) is 14.2. The van der Waals surface area contributed by atoms with E-state index in [-0.39, 0.29) is 12.1 Å². The van der Waals surface area contributed by atoms with Crippen molar-refractivity contribution < 1.29 is 4.79 Å². The summed E-state index contributed by atoms with van der Waals surface area (Å²) in [5.41, 5.74) is 7.22. The van der Waals surface area contributed by atoms with Gasteiger partial charge in [0.2, 0.25) is 0 Å². The van der Waals surface area contributed by atoms with Crippen LogP contribution in [0.2, 0.25) is 0 Å². The summed E-state index contributed by atoms with van der Waals surface area (Å²) in [6.07, 6.45) is 3.49. The van der Waals surface area contributed by atoms with E-state index >= 15 is 0 Å². The number of nitrogens with one attached hydrogen (secondary N) is 2. The van der Waals surface area contributed by atoms with Crippen LogP contribution in [0.1, 0.15) is 47.2 Å². The van der Waals surface area contributed by atoms with E-state index in [0.717, 1.165) is 24.1 Å². The number of rotatable bonds is 3. The van der Waals surface area contributed by atoms with Crippen LogP contribution in [0.4, 0.5) is 10.5 Å². The molecular formula is C20H24N2O. The van der Waals surface area contributed by atoms with Crippen LogP contribution in [0.25, 0.3) is 0 Å². The number of carbonyl (C=O) groups is 1. The molecule has 0 radical (unpaired) electrons. The quantitative estimate of drug-likeness (QED) is 0.849. The standard InChI is InChI=1S/C20H24N2O/c1-13-7-8-14(2)19(11-13)15(3)21-20(23)22-18-10-9-16-5-4-6-17(16)12-18/h7-12,15H,4-6H2,1-3H3,(H2,21,22,23)/t15-/m0/s1. The number of benzene rings is 2. The predicted molar refractivity (Wildman–Crippen MR) is 95.0 cm³/mol. The van der Waals surface area contributed by atoms with Gasteiger partial charge in [0.25, 0.3) is 0 Å². The van der Waals surface area contributed by atoms with Crippen molar-refractivity contribution in [3.8, 4) is 0 Å².